The fourth-order valence-corrected chi connectivity index (χ4v) is 3.96. The van der Waals surface area contributed by atoms with Gasteiger partial charge in [0.1, 0.15) is 5.75 Å². The Morgan fingerprint density at radius 3 is 1.61 bits per heavy atom. The summed E-state index contributed by atoms with van der Waals surface area (Å²) in [5.41, 5.74) is 2.49. The maximum atomic E-state index is 11.1. The zero-order valence-corrected chi connectivity index (χ0v) is 20.0. The smallest absolute Gasteiger partial charge is 0.356 e. The van der Waals surface area contributed by atoms with Crippen molar-refractivity contribution >= 4 is 11.9 Å². The van der Waals surface area contributed by atoms with Gasteiger partial charge in [-0.25, -0.2) is 9.59 Å². The molecule has 0 aromatic heterocycles. The molecule has 0 saturated carbocycles. The van der Waals surface area contributed by atoms with Crippen LogP contribution < -0.4 is 4.74 Å². The highest BCUT2D eigenvalue weighted by Gasteiger charge is 2.28. The number of hydrogen-bond donors (Lipinski definition) is 4. The lowest BCUT2D eigenvalue weighted by atomic mass is 10.0. The Kier molecular flexibility index (Phi) is 9.58. The molecule has 0 heterocycles. The van der Waals surface area contributed by atoms with E-state index in [1.54, 1.807) is 12.1 Å². The van der Waals surface area contributed by atoms with Crippen LogP contribution in [0.3, 0.4) is 0 Å². The number of carboxylic acid groups (broad SMARTS) is 2. The van der Waals surface area contributed by atoms with Crippen LogP contribution in [0, 0.1) is 0 Å². The summed E-state index contributed by atoms with van der Waals surface area (Å²) in [5, 5.41) is 39.7. The molecule has 190 valence electrons. The van der Waals surface area contributed by atoms with Crippen LogP contribution in [0.25, 0.3) is 0 Å². The second kappa shape index (κ2) is 12.8. The van der Waals surface area contributed by atoms with E-state index in [0.29, 0.717) is 19.5 Å². The lowest BCUT2D eigenvalue weighted by Gasteiger charge is -2.33. The molecule has 3 atom stereocenters. The maximum Gasteiger partial charge on any atom is 0.356 e. The molecule has 8 nitrogen and oxygen atoms in total. The van der Waals surface area contributed by atoms with Crippen molar-refractivity contribution in [2.24, 2.45) is 0 Å². The highest BCUT2D eigenvalue weighted by Crippen LogP contribution is 2.22. The van der Waals surface area contributed by atoms with Gasteiger partial charge in [-0.1, -0.05) is 72.8 Å². The molecule has 4 N–H and O–H groups in total. The average molecular weight is 494 g/mol. The minimum atomic E-state index is -1.98. The van der Waals surface area contributed by atoms with Crippen LogP contribution in [0.2, 0.25) is 0 Å². The van der Waals surface area contributed by atoms with E-state index in [2.05, 4.69) is 0 Å². The zero-order valence-electron chi connectivity index (χ0n) is 20.0. The number of aliphatic carboxylic acids is 2. The number of rotatable bonds is 13. The molecular formula is C28H31NO7. The normalized spacial score (nSPS) is 13.8. The number of carbonyl (C=O) groups is 2. The van der Waals surface area contributed by atoms with E-state index in [4.69, 9.17) is 14.9 Å². The molecular weight excluding hydrogens is 462 g/mol. The van der Waals surface area contributed by atoms with E-state index in [1.165, 1.54) is 12.1 Å². The SMILES string of the molecule is C[C@H](Cc1ccc(OC(C(=O)O)C(=O)O)cc1)N(C[C@H](O)c1ccccc1)C[C@H](O)c1ccccc1. The number of benzene rings is 3. The van der Waals surface area contributed by atoms with Crippen molar-refractivity contribution in [2.75, 3.05) is 13.1 Å². The molecule has 0 aliphatic carbocycles. The molecule has 0 saturated heterocycles. The standard InChI is InChI=1S/C28H31NO7/c1-19(16-20-12-14-23(15-13-20)36-26(27(32)33)28(34)35)29(17-24(30)21-8-4-2-5-9-21)18-25(31)22-10-6-3-7-11-22/h2-15,19,24-26,30-31H,16-18H2,1H3,(H,32,33)(H,34,35)/t19-,24+,25+/m1/s1. The van der Waals surface area contributed by atoms with Crippen molar-refractivity contribution in [1.29, 1.82) is 0 Å². The summed E-state index contributed by atoms with van der Waals surface area (Å²) < 4.78 is 5.07. The second-order valence-electron chi connectivity index (χ2n) is 8.68. The lowest BCUT2D eigenvalue weighted by molar-refractivity contribution is -0.159. The Hall–Kier alpha value is -3.72. The van der Waals surface area contributed by atoms with E-state index in [1.807, 2.05) is 72.5 Å². The van der Waals surface area contributed by atoms with E-state index < -0.39 is 30.3 Å². The van der Waals surface area contributed by atoms with Crippen molar-refractivity contribution < 1.29 is 34.8 Å². The molecule has 0 bridgehead atoms. The van der Waals surface area contributed by atoms with Gasteiger partial charge in [0.05, 0.1) is 12.2 Å². The molecule has 0 aliphatic heterocycles. The Bertz CT molecular complexity index is 1040. The molecule has 36 heavy (non-hydrogen) atoms. The first-order chi connectivity index (χ1) is 17.2. The van der Waals surface area contributed by atoms with Crippen LogP contribution in [0.15, 0.2) is 84.9 Å². The van der Waals surface area contributed by atoms with Gasteiger partial charge in [-0.15, -0.1) is 0 Å². The Balaban J connectivity index is 1.72. The summed E-state index contributed by atoms with van der Waals surface area (Å²) in [5.74, 6) is -3.02. The number of nitrogens with zero attached hydrogens (tertiary/aromatic N) is 1. The molecule has 3 aromatic rings. The number of aliphatic hydroxyl groups is 2. The zero-order chi connectivity index (χ0) is 26.1. The van der Waals surface area contributed by atoms with Crippen LogP contribution >= 0.6 is 0 Å². The van der Waals surface area contributed by atoms with Crippen molar-refractivity contribution in [2.45, 2.75) is 37.7 Å². The maximum absolute atomic E-state index is 11.1. The van der Waals surface area contributed by atoms with Crippen molar-refractivity contribution in [3.63, 3.8) is 0 Å². The average Bonchev–Trinajstić information content (AvgIpc) is 2.88. The van der Waals surface area contributed by atoms with E-state index in [0.717, 1.165) is 16.7 Å². The van der Waals surface area contributed by atoms with Crippen molar-refractivity contribution in [3.8, 4) is 5.75 Å². The predicted octanol–water partition coefficient (Wildman–Crippen LogP) is 3.30. The summed E-state index contributed by atoms with van der Waals surface area (Å²) in [6.45, 7) is 2.63. The summed E-state index contributed by atoms with van der Waals surface area (Å²) in [7, 11) is 0. The highest BCUT2D eigenvalue weighted by molar-refractivity contribution is 5.96. The monoisotopic (exact) mass is 493 g/mol. The molecule has 3 rings (SSSR count). The fraction of sp³-hybridized carbons (Fsp3) is 0.286. The first-order valence-corrected chi connectivity index (χ1v) is 11.7. The van der Waals surface area contributed by atoms with Gasteiger partial charge in [0, 0.05) is 19.1 Å². The molecule has 3 aromatic carbocycles. The number of aliphatic hydroxyl groups excluding tert-OH is 2. The Labute approximate surface area is 210 Å². The van der Waals surface area contributed by atoms with Gasteiger partial charge in [-0.05, 0) is 42.2 Å². The second-order valence-corrected chi connectivity index (χ2v) is 8.68. The first kappa shape index (κ1) is 26.9. The van der Waals surface area contributed by atoms with Gasteiger partial charge in [-0.3, -0.25) is 4.90 Å². The summed E-state index contributed by atoms with van der Waals surface area (Å²) in [4.78, 5) is 24.2. The van der Waals surface area contributed by atoms with Gasteiger partial charge in [0.25, 0.3) is 6.10 Å². The van der Waals surface area contributed by atoms with E-state index in [9.17, 15) is 19.8 Å². The lowest BCUT2D eigenvalue weighted by Crippen LogP contribution is -2.40. The molecule has 0 amide bonds. The fourth-order valence-electron chi connectivity index (χ4n) is 3.96. The minimum absolute atomic E-state index is 0.0701. The van der Waals surface area contributed by atoms with Crippen LogP contribution in [-0.4, -0.2) is 62.5 Å². The Morgan fingerprint density at radius 2 is 1.19 bits per heavy atom. The van der Waals surface area contributed by atoms with Crippen molar-refractivity contribution in [1.82, 2.24) is 4.90 Å². The quantitative estimate of drug-likeness (QED) is 0.267. The van der Waals surface area contributed by atoms with Gasteiger partial charge >= 0.3 is 11.9 Å². The predicted molar refractivity (Wildman–Crippen MR) is 134 cm³/mol. The Morgan fingerprint density at radius 1 is 0.750 bits per heavy atom. The first-order valence-electron chi connectivity index (χ1n) is 11.7. The molecule has 0 unspecified atom stereocenters. The number of carboxylic acids is 2. The van der Waals surface area contributed by atoms with E-state index >= 15 is 0 Å². The molecule has 0 fully saturated rings. The third-order valence-corrected chi connectivity index (χ3v) is 5.96. The molecule has 0 radical (unpaired) electrons. The van der Waals surface area contributed by atoms with Gasteiger partial charge in [0.2, 0.25) is 0 Å². The van der Waals surface area contributed by atoms with Gasteiger partial charge in [0.15, 0.2) is 0 Å². The van der Waals surface area contributed by atoms with Crippen LogP contribution in [-0.2, 0) is 16.0 Å². The summed E-state index contributed by atoms with van der Waals surface area (Å²) in [6, 6.07) is 25.2. The van der Waals surface area contributed by atoms with Crippen LogP contribution in [0.1, 0.15) is 35.8 Å². The topological polar surface area (TPSA) is 128 Å². The van der Waals surface area contributed by atoms with E-state index in [-0.39, 0.29) is 11.8 Å². The van der Waals surface area contributed by atoms with Crippen molar-refractivity contribution in [3.05, 3.63) is 102 Å². The van der Waals surface area contributed by atoms with Gasteiger partial charge < -0.3 is 25.2 Å². The highest BCUT2D eigenvalue weighted by atomic mass is 16.5. The third-order valence-electron chi connectivity index (χ3n) is 5.96. The van der Waals surface area contributed by atoms with Crippen LogP contribution in [0.4, 0.5) is 0 Å². The largest absolute Gasteiger partial charge is 0.478 e. The van der Waals surface area contributed by atoms with Gasteiger partial charge in [-0.2, -0.15) is 0 Å². The van der Waals surface area contributed by atoms with Crippen LogP contribution in [0.5, 0.6) is 5.75 Å². The molecule has 8 heteroatoms. The number of hydrogen-bond acceptors (Lipinski definition) is 6. The summed E-state index contributed by atoms with van der Waals surface area (Å²) in [6.07, 6.45) is -2.89. The minimum Gasteiger partial charge on any atom is -0.478 e. The summed E-state index contributed by atoms with van der Waals surface area (Å²) >= 11 is 0. The third kappa shape index (κ3) is 7.64. The number of ether oxygens (including phenoxy) is 1. The molecule has 0 spiro atoms. The molecule has 0 aliphatic rings.